The molecule has 0 aliphatic heterocycles. The number of alkyl halides is 3. The summed E-state index contributed by atoms with van der Waals surface area (Å²) in [5, 5.41) is 0.936. The highest BCUT2D eigenvalue weighted by Gasteiger charge is 2.41. The summed E-state index contributed by atoms with van der Waals surface area (Å²) in [5.41, 5.74) is 1.32. The zero-order valence-corrected chi connectivity index (χ0v) is 9.76. The number of thiazole rings is 1. The second-order valence-electron chi connectivity index (χ2n) is 3.50. The SMILES string of the molecule is O=C(c1nc(Cc2ccncc2)cs1)C(F)(F)F. The first-order valence-corrected chi connectivity index (χ1v) is 5.79. The van der Waals surface area contributed by atoms with Crippen LogP contribution in [0.4, 0.5) is 13.2 Å². The lowest BCUT2D eigenvalue weighted by Crippen LogP contribution is -2.22. The van der Waals surface area contributed by atoms with Crippen LogP contribution < -0.4 is 0 Å². The van der Waals surface area contributed by atoms with Gasteiger partial charge < -0.3 is 0 Å². The molecule has 3 nitrogen and oxygen atoms in total. The van der Waals surface area contributed by atoms with Gasteiger partial charge in [0.2, 0.25) is 0 Å². The summed E-state index contributed by atoms with van der Waals surface area (Å²) in [6.07, 6.45) is -1.32. The molecule has 0 bridgehead atoms. The normalized spacial score (nSPS) is 11.5. The molecule has 0 N–H and O–H groups in total. The van der Waals surface area contributed by atoms with Gasteiger partial charge in [-0.3, -0.25) is 9.78 Å². The zero-order valence-electron chi connectivity index (χ0n) is 8.94. The van der Waals surface area contributed by atoms with Crippen LogP contribution in [0.1, 0.15) is 21.1 Å². The Labute approximate surface area is 104 Å². The Hall–Kier alpha value is -1.76. The lowest BCUT2D eigenvalue weighted by Gasteiger charge is -2.00. The van der Waals surface area contributed by atoms with Crippen LogP contribution in [-0.4, -0.2) is 21.9 Å². The van der Waals surface area contributed by atoms with Crippen molar-refractivity contribution >= 4 is 17.1 Å². The molecule has 0 fully saturated rings. The molecule has 0 spiro atoms. The van der Waals surface area contributed by atoms with E-state index < -0.39 is 17.0 Å². The highest BCUT2D eigenvalue weighted by molar-refractivity contribution is 7.11. The van der Waals surface area contributed by atoms with Crippen LogP contribution in [0.5, 0.6) is 0 Å². The molecule has 18 heavy (non-hydrogen) atoms. The van der Waals surface area contributed by atoms with E-state index in [0.29, 0.717) is 23.5 Å². The van der Waals surface area contributed by atoms with Crippen molar-refractivity contribution in [2.24, 2.45) is 0 Å². The zero-order chi connectivity index (χ0) is 13.2. The molecule has 0 aromatic carbocycles. The minimum Gasteiger partial charge on any atom is -0.281 e. The Kier molecular flexibility index (Phi) is 3.42. The Morgan fingerprint density at radius 2 is 1.94 bits per heavy atom. The van der Waals surface area contributed by atoms with E-state index in [1.54, 1.807) is 24.5 Å². The quantitative estimate of drug-likeness (QED) is 0.807. The topological polar surface area (TPSA) is 42.9 Å². The molecule has 0 amide bonds. The Bertz CT molecular complexity index is 551. The fourth-order valence-electron chi connectivity index (χ4n) is 1.32. The fraction of sp³-hybridized carbons (Fsp3) is 0.182. The van der Waals surface area contributed by atoms with Gasteiger partial charge in [0.25, 0.3) is 5.78 Å². The minimum absolute atomic E-state index is 0.379. The van der Waals surface area contributed by atoms with Gasteiger partial charge in [0.05, 0.1) is 5.69 Å². The highest BCUT2D eigenvalue weighted by atomic mass is 32.1. The summed E-state index contributed by atoms with van der Waals surface area (Å²) in [4.78, 5) is 18.5. The summed E-state index contributed by atoms with van der Waals surface area (Å²) in [6, 6.07) is 3.48. The third kappa shape index (κ3) is 2.92. The minimum atomic E-state index is -4.87. The van der Waals surface area contributed by atoms with Crippen LogP contribution in [0.3, 0.4) is 0 Å². The molecule has 0 aliphatic rings. The predicted octanol–water partition coefficient (Wildman–Crippen LogP) is 2.87. The average Bonchev–Trinajstić information content (AvgIpc) is 2.76. The summed E-state index contributed by atoms with van der Waals surface area (Å²) >= 11 is 0.707. The lowest BCUT2D eigenvalue weighted by molar-refractivity contribution is -0.0885. The van der Waals surface area contributed by atoms with Gasteiger partial charge in [-0.05, 0) is 17.7 Å². The smallest absolute Gasteiger partial charge is 0.281 e. The van der Waals surface area contributed by atoms with Crippen molar-refractivity contribution in [3.63, 3.8) is 0 Å². The first-order valence-electron chi connectivity index (χ1n) is 4.91. The first kappa shape index (κ1) is 12.7. The summed E-state index contributed by atoms with van der Waals surface area (Å²) in [6.45, 7) is 0. The maximum absolute atomic E-state index is 12.2. The monoisotopic (exact) mass is 272 g/mol. The molecule has 2 rings (SSSR count). The summed E-state index contributed by atoms with van der Waals surface area (Å²) in [5.74, 6) is -1.89. The molecular formula is C11H7F3N2OS. The van der Waals surface area contributed by atoms with Crippen LogP contribution in [0.15, 0.2) is 29.9 Å². The third-order valence-corrected chi connectivity index (χ3v) is 3.03. The van der Waals surface area contributed by atoms with Gasteiger partial charge >= 0.3 is 6.18 Å². The van der Waals surface area contributed by atoms with Crippen molar-refractivity contribution in [1.82, 2.24) is 9.97 Å². The van der Waals surface area contributed by atoms with Crippen molar-refractivity contribution in [3.8, 4) is 0 Å². The van der Waals surface area contributed by atoms with E-state index >= 15 is 0 Å². The van der Waals surface area contributed by atoms with Crippen LogP contribution in [0.25, 0.3) is 0 Å². The fourth-order valence-corrected chi connectivity index (χ4v) is 2.10. The number of halogens is 3. The molecule has 2 heterocycles. The number of hydrogen-bond acceptors (Lipinski definition) is 4. The van der Waals surface area contributed by atoms with Gasteiger partial charge in [0.1, 0.15) is 0 Å². The molecule has 7 heteroatoms. The molecule has 0 unspecified atom stereocenters. The van der Waals surface area contributed by atoms with E-state index in [-0.39, 0.29) is 0 Å². The summed E-state index contributed by atoms with van der Waals surface area (Å²) < 4.78 is 36.5. The Balaban J connectivity index is 2.14. The van der Waals surface area contributed by atoms with Gasteiger partial charge in [-0.2, -0.15) is 13.2 Å². The number of ketones is 1. The number of nitrogens with zero attached hydrogens (tertiary/aromatic N) is 2. The van der Waals surface area contributed by atoms with E-state index in [1.807, 2.05) is 0 Å². The molecule has 0 saturated carbocycles. The van der Waals surface area contributed by atoms with Crippen LogP contribution >= 0.6 is 11.3 Å². The molecule has 2 aromatic rings. The van der Waals surface area contributed by atoms with Gasteiger partial charge in [0.15, 0.2) is 5.01 Å². The standard InChI is InChI=1S/C11H7F3N2OS/c12-11(13,14)9(17)10-16-8(6-18-10)5-7-1-3-15-4-2-7/h1-4,6H,5H2. The molecule has 0 atom stereocenters. The van der Waals surface area contributed by atoms with Gasteiger partial charge in [-0.25, -0.2) is 4.98 Å². The molecule has 0 saturated heterocycles. The number of hydrogen-bond donors (Lipinski definition) is 0. The second kappa shape index (κ2) is 4.85. The van der Waals surface area contributed by atoms with E-state index in [0.717, 1.165) is 5.56 Å². The van der Waals surface area contributed by atoms with Gasteiger partial charge in [-0.1, -0.05) is 0 Å². The molecule has 0 aliphatic carbocycles. The molecule has 2 aromatic heterocycles. The van der Waals surface area contributed by atoms with Crippen LogP contribution in [0.2, 0.25) is 0 Å². The number of Topliss-reactive ketones (excluding diaryl/α,β-unsaturated/α-hetero) is 1. The van der Waals surface area contributed by atoms with Crippen molar-refractivity contribution in [1.29, 1.82) is 0 Å². The molecule has 94 valence electrons. The van der Waals surface area contributed by atoms with Crippen LogP contribution in [-0.2, 0) is 6.42 Å². The van der Waals surface area contributed by atoms with E-state index in [2.05, 4.69) is 9.97 Å². The number of pyridine rings is 1. The highest BCUT2D eigenvalue weighted by Crippen LogP contribution is 2.24. The number of aromatic nitrogens is 2. The maximum Gasteiger partial charge on any atom is 0.457 e. The van der Waals surface area contributed by atoms with Crippen molar-refractivity contribution in [3.05, 3.63) is 46.2 Å². The molecular weight excluding hydrogens is 265 g/mol. The number of carbonyl (C=O) groups is 1. The van der Waals surface area contributed by atoms with E-state index in [1.165, 1.54) is 5.38 Å². The van der Waals surface area contributed by atoms with Crippen molar-refractivity contribution in [2.75, 3.05) is 0 Å². The first-order chi connectivity index (χ1) is 8.47. The second-order valence-corrected chi connectivity index (χ2v) is 4.36. The Morgan fingerprint density at radius 1 is 1.28 bits per heavy atom. The molecule has 0 radical (unpaired) electrons. The predicted molar refractivity (Wildman–Crippen MR) is 59.5 cm³/mol. The Morgan fingerprint density at radius 3 is 2.56 bits per heavy atom. The third-order valence-electron chi connectivity index (χ3n) is 2.14. The van der Waals surface area contributed by atoms with E-state index in [9.17, 15) is 18.0 Å². The lowest BCUT2D eigenvalue weighted by atomic mass is 10.2. The summed E-state index contributed by atoms with van der Waals surface area (Å²) in [7, 11) is 0. The van der Waals surface area contributed by atoms with Crippen molar-refractivity contribution in [2.45, 2.75) is 12.6 Å². The largest absolute Gasteiger partial charge is 0.457 e. The van der Waals surface area contributed by atoms with Crippen LogP contribution in [0, 0.1) is 0 Å². The maximum atomic E-state index is 12.2. The number of rotatable bonds is 3. The average molecular weight is 272 g/mol. The van der Waals surface area contributed by atoms with Crippen molar-refractivity contribution < 1.29 is 18.0 Å². The van der Waals surface area contributed by atoms with E-state index in [4.69, 9.17) is 0 Å². The number of carbonyl (C=O) groups excluding carboxylic acids is 1. The van der Waals surface area contributed by atoms with Gasteiger partial charge in [-0.15, -0.1) is 11.3 Å². The van der Waals surface area contributed by atoms with Gasteiger partial charge in [0, 0.05) is 24.2 Å².